The van der Waals surface area contributed by atoms with Crippen LogP contribution in [-0.4, -0.2) is 53.2 Å². The highest BCUT2D eigenvalue weighted by Gasteiger charge is 2.30. The van der Waals surface area contributed by atoms with Gasteiger partial charge in [-0.1, -0.05) is 6.07 Å². The average molecular weight is 497 g/mol. The third-order valence-electron chi connectivity index (χ3n) is 5.99. The van der Waals surface area contributed by atoms with E-state index in [4.69, 9.17) is 14.2 Å². The van der Waals surface area contributed by atoms with Crippen molar-refractivity contribution >= 4 is 23.2 Å². The summed E-state index contributed by atoms with van der Waals surface area (Å²) in [4.78, 5) is 31.9. The van der Waals surface area contributed by atoms with Crippen LogP contribution in [0.1, 0.15) is 40.3 Å². The van der Waals surface area contributed by atoms with Gasteiger partial charge in [-0.25, -0.2) is 9.78 Å². The molecule has 1 N–H and O–H groups in total. The molecule has 2 aromatic carbocycles. The number of fused-ring (bicyclic) bond motifs is 1. The summed E-state index contributed by atoms with van der Waals surface area (Å²) in [5, 5.41) is 10.1. The fraction of sp³-hybridized carbons (Fsp3) is 0.346. The molecule has 0 radical (unpaired) electrons. The molecule has 8 nitrogen and oxygen atoms in total. The Morgan fingerprint density at radius 2 is 1.80 bits per heavy atom. The van der Waals surface area contributed by atoms with E-state index in [1.54, 1.807) is 25.2 Å². The average Bonchev–Trinajstić information content (AvgIpc) is 3.23. The van der Waals surface area contributed by atoms with Crippen molar-refractivity contribution in [1.82, 2.24) is 9.88 Å². The Morgan fingerprint density at radius 3 is 2.49 bits per heavy atom. The number of carbonyl (C=O) groups is 2. The molecule has 35 heavy (non-hydrogen) atoms. The molecule has 0 unspecified atom stereocenters. The fourth-order valence-electron chi connectivity index (χ4n) is 3.94. The largest absolute Gasteiger partial charge is 0.493 e. The summed E-state index contributed by atoms with van der Waals surface area (Å²) in [7, 11) is 3.16. The molecule has 1 amide bonds. The third kappa shape index (κ3) is 4.95. The predicted molar refractivity (Wildman–Crippen MR) is 133 cm³/mol. The lowest BCUT2D eigenvalue weighted by atomic mass is 9.99. The Kier molecular flexibility index (Phi) is 6.71. The molecule has 0 spiro atoms. The van der Waals surface area contributed by atoms with Crippen LogP contribution in [0.5, 0.6) is 17.2 Å². The van der Waals surface area contributed by atoms with Gasteiger partial charge in [-0.05, 0) is 68.7 Å². The first-order chi connectivity index (χ1) is 16.6. The van der Waals surface area contributed by atoms with Crippen molar-refractivity contribution in [3.05, 3.63) is 58.1 Å². The molecule has 3 aromatic rings. The topological polar surface area (TPSA) is 98.2 Å². The summed E-state index contributed by atoms with van der Waals surface area (Å²) in [6.07, 6.45) is 0.712. The number of aryl methyl sites for hydroxylation is 1. The maximum absolute atomic E-state index is 13.4. The van der Waals surface area contributed by atoms with Crippen LogP contribution in [0.15, 0.2) is 36.4 Å². The Balaban J connectivity index is 1.55. The number of nitrogens with zero attached hydrogens (tertiary/aromatic N) is 2. The maximum Gasteiger partial charge on any atom is 0.347 e. The first kappa shape index (κ1) is 24.5. The molecular weight excluding hydrogens is 468 g/mol. The van der Waals surface area contributed by atoms with Crippen molar-refractivity contribution < 1.29 is 28.9 Å². The lowest BCUT2D eigenvalue weighted by molar-refractivity contribution is -0.152. The van der Waals surface area contributed by atoms with E-state index in [0.717, 1.165) is 21.7 Å². The first-order valence-corrected chi connectivity index (χ1v) is 12.0. The highest BCUT2D eigenvalue weighted by Crippen LogP contribution is 2.36. The van der Waals surface area contributed by atoms with Crippen molar-refractivity contribution in [3.63, 3.8) is 0 Å². The monoisotopic (exact) mass is 496 g/mol. The molecular formula is C26H28N2O6S. The molecule has 2 heterocycles. The Labute approximate surface area is 208 Å². The van der Waals surface area contributed by atoms with E-state index in [0.29, 0.717) is 47.3 Å². The minimum atomic E-state index is -1.35. The van der Waals surface area contributed by atoms with Gasteiger partial charge in [-0.3, -0.25) is 4.79 Å². The zero-order chi connectivity index (χ0) is 25.3. The number of rotatable bonds is 7. The number of hydrogen-bond acceptors (Lipinski definition) is 7. The molecule has 0 fully saturated rings. The van der Waals surface area contributed by atoms with Gasteiger partial charge in [0, 0.05) is 18.7 Å². The molecule has 184 valence electrons. The lowest BCUT2D eigenvalue weighted by Crippen LogP contribution is -2.38. The van der Waals surface area contributed by atoms with Gasteiger partial charge in [0.15, 0.2) is 17.1 Å². The number of aromatic nitrogens is 1. The van der Waals surface area contributed by atoms with E-state index in [1.807, 2.05) is 37.3 Å². The predicted octanol–water partition coefficient (Wildman–Crippen LogP) is 4.58. The van der Waals surface area contributed by atoms with Gasteiger partial charge >= 0.3 is 5.97 Å². The second kappa shape index (κ2) is 9.58. The molecule has 0 saturated carbocycles. The van der Waals surface area contributed by atoms with E-state index >= 15 is 0 Å². The Hall–Kier alpha value is -3.59. The van der Waals surface area contributed by atoms with Crippen LogP contribution in [0.2, 0.25) is 0 Å². The van der Waals surface area contributed by atoms with E-state index in [1.165, 1.54) is 25.2 Å². The van der Waals surface area contributed by atoms with Crippen molar-refractivity contribution in [2.45, 2.75) is 39.3 Å². The maximum atomic E-state index is 13.4. The van der Waals surface area contributed by atoms with Crippen LogP contribution >= 0.6 is 11.3 Å². The van der Waals surface area contributed by atoms with E-state index in [-0.39, 0.29) is 5.91 Å². The normalized spacial score (nSPS) is 13.2. The van der Waals surface area contributed by atoms with Crippen molar-refractivity contribution in [1.29, 1.82) is 0 Å². The highest BCUT2D eigenvalue weighted by molar-refractivity contribution is 7.17. The highest BCUT2D eigenvalue weighted by atomic mass is 32.1. The number of amides is 1. The van der Waals surface area contributed by atoms with Crippen LogP contribution in [0.4, 0.5) is 0 Å². The van der Waals surface area contributed by atoms with Crippen LogP contribution in [-0.2, 0) is 17.8 Å². The number of carboxylic acids is 1. The fourth-order valence-corrected chi connectivity index (χ4v) is 4.97. The van der Waals surface area contributed by atoms with E-state index < -0.39 is 11.6 Å². The Morgan fingerprint density at radius 1 is 1.06 bits per heavy atom. The van der Waals surface area contributed by atoms with Crippen LogP contribution < -0.4 is 14.2 Å². The molecule has 1 aliphatic heterocycles. The van der Waals surface area contributed by atoms with Gasteiger partial charge in [0.25, 0.3) is 5.91 Å². The number of carboxylic acid groups (broad SMARTS) is 1. The number of methoxy groups -OCH3 is 2. The van der Waals surface area contributed by atoms with Gasteiger partial charge in [-0.15, -0.1) is 11.3 Å². The lowest BCUT2D eigenvalue weighted by Gasteiger charge is -2.29. The van der Waals surface area contributed by atoms with Crippen LogP contribution in [0, 0.1) is 6.92 Å². The van der Waals surface area contributed by atoms with Crippen LogP contribution in [0.3, 0.4) is 0 Å². The Bertz CT molecular complexity index is 1280. The zero-order valence-electron chi connectivity index (χ0n) is 20.4. The van der Waals surface area contributed by atoms with E-state index in [2.05, 4.69) is 4.98 Å². The summed E-state index contributed by atoms with van der Waals surface area (Å²) >= 11 is 1.35. The van der Waals surface area contributed by atoms with Gasteiger partial charge in [-0.2, -0.15) is 0 Å². The number of ether oxygens (including phenoxy) is 3. The quantitative estimate of drug-likeness (QED) is 0.511. The number of benzene rings is 2. The molecule has 0 bridgehead atoms. The van der Waals surface area contributed by atoms with E-state index in [9.17, 15) is 14.7 Å². The molecule has 1 aliphatic rings. The minimum Gasteiger partial charge on any atom is -0.493 e. The SMILES string of the molecule is COc1ccc(-c2nc(C)c(C(=O)N3CCc4ccc(OC(C)(C)C(=O)O)cc4C3)s2)cc1OC. The smallest absolute Gasteiger partial charge is 0.347 e. The second-order valence-corrected chi connectivity index (χ2v) is 9.83. The van der Waals surface area contributed by atoms with Gasteiger partial charge in [0.2, 0.25) is 0 Å². The summed E-state index contributed by atoms with van der Waals surface area (Å²) in [5.74, 6) is 0.577. The van der Waals surface area contributed by atoms with Crippen molar-refractivity contribution in [2.24, 2.45) is 0 Å². The number of thiazole rings is 1. The van der Waals surface area contributed by atoms with Gasteiger partial charge in [0.05, 0.1) is 19.9 Å². The summed E-state index contributed by atoms with van der Waals surface area (Å²) < 4.78 is 16.4. The van der Waals surface area contributed by atoms with Crippen molar-refractivity contribution in [3.8, 4) is 27.8 Å². The molecule has 1 aromatic heterocycles. The molecule has 4 rings (SSSR count). The van der Waals surface area contributed by atoms with Crippen molar-refractivity contribution in [2.75, 3.05) is 20.8 Å². The second-order valence-electron chi connectivity index (χ2n) is 8.83. The number of carbonyl (C=O) groups excluding carboxylic acids is 1. The first-order valence-electron chi connectivity index (χ1n) is 11.2. The summed E-state index contributed by atoms with van der Waals surface area (Å²) in [6.45, 7) is 5.86. The standard InChI is InChI=1S/C26H28N2O6S/c1-15-22(35-23(27-15)17-7-9-20(32-4)21(13-17)33-5)24(29)28-11-10-16-6-8-19(12-18(16)14-28)34-26(2,3)25(30)31/h6-9,12-13H,10-11,14H2,1-5H3,(H,30,31). The third-order valence-corrected chi connectivity index (χ3v) is 7.18. The molecule has 0 saturated heterocycles. The molecule has 9 heteroatoms. The number of hydrogen-bond donors (Lipinski definition) is 1. The summed E-state index contributed by atoms with van der Waals surface area (Å²) in [6, 6.07) is 11.1. The number of aliphatic carboxylic acids is 1. The van der Waals surface area contributed by atoms with Gasteiger partial charge < -0.3 is 24.2 Å². The summed E-state index contributed by atoms with van der Waals surface area (Å²) in [5.41, 5.74) is 2.25. The molecule has 0 atom stereocenters. The van der Waals surface area contributed by atoms with Gasteiger partial charge in [0.1, 0.15) is 15.6 Å². The minimum absolute atomic E-state index is 0.0745. The zero-order valence-corrected chi connectivity index (χ0v) is 21.2. The van der Waals surface area contributed by atoms with Crippen LogP contribution in [0.25, 0.3) is 10.6 Å². The molecule has 0 aliphatic carbocycles.